The van der Waals surface area contributed by atoms with E-state index in [0.29, 0.717) is 6.04 Å². The van der Waals surface area contributed by atoms with Gasteiger partial charge in [-0.1, -0.05) is 13.8 Å². The van der Waals surface area contributed by atoms with Crippen LogP contribution in [-0.2, 0) is 19.4 Å². The Balaban J connectivity index is 1.70. The Kier molecular flexibility index (Phi) is 5.01. The average molecular weight is 252 g/mol. The van der Waals surface area contributed by atoms with E-state index in [-0.39, 0.29) is 0 Å². The van der Waals surface area contributed by atoms with E-state index in [4.69, 9.17) is 0 Å². The molecule has 2 nitrogen and oxygen atoms in total. The Hall–Kier alpha value is -0.380. The zero-order valence-corrected chi connectivity index (χ0v) is 11.8. The average Bonchev–Trinajstić information content (AvgIpc) is 2.70. The zero-order valence-electron chi connectivity index (χ0n) is 11.0. The maximum Gasteiger partial charge on any atom is 0.0300 e. The van der Waals surface area contributed by atoms with Crippen molar-refractivity contribution in [2.75, 3.05) is 13.1 Å². The predicted molar refractivity (Wildman–Crippen MR) is 75.8 cm³/mol. The zero-order chi connectivity index (χ0) is 12.1. The topological polar surface area (TPSA) is 24.1 Å². The fourth-order valence-electron chi connectivity index (χ4n) is 2.30. The second-order valence-electron chi connectivity index (χ2n) is 5.15. The van der Waals surface area contributed by atoms with Gasteiger partial charge in [0.1, 0.15) is 0 Å². The molecule has 1 aliphatic carbocycles. The molecule has 0 unspecified atom stereocenters. The predicted octanol–water partition coefficient (Wildman–Crippen LogP) is 2.71. The van der Waals surface area contributed by atoms with Crippen LogP contribution >= 0.6 is 11.3 Å². The molecule has 2 rings (SSSR count). The van der Waals surface area contributed by atoms with Gasteiger partial charge >= 0.3 is 0 Å². The molecule has 96 valence electrons. The van der Waals surface area contributed by atoms with Gasteiger partial charge in [-0.3, -0.25) is 0 Å². The lowest BCUT2D eigenvalue weighted by atomic mass is 9.99. The molecule has 1 aliphatic rings. The van der Waals surface area contributed by atoms with Gasteiger partial charge in [0.2, 0.25) is 0 Å². The third-order valence-corrected chi connectivity index (χ3v) is 4.44. The van der Waals surface area contributed by atoms with E-state index in [0.717, 1.165) is 19.6 Å². The van der Waals surface area contributed by atoms with Crippen molar-refractivity contribution in [3.8, 4) is 0 Å². The molecule has 17 heavy (non-hydrogen) atoms. The highest BCUT2D eigenvalue weighted by molar-refractivity contribution is 7.12. The molecule has 1 aromatic rings. The van der Waals surface area contributed by atoms with Crippen LogP contribution in [0.4, 0.5) is 0 Å². The maximum atomic E-state index is 3.51. The monoisotopic (exact) mass is 252 g/mol. The first-order valence-electron chi connectivity index (χ1n) is 6.80. The molecule has 0 aliphatic heterocycles. The van der Waals surface area contributed by atoms with Gasteiger partial charge in [-0.05, 0) is 37.3 Å². The van der Waals surface area contributed by atoms with E-state index < -0.39 is 0 Å². The van der Waals surface area contributed by atoms with Crippen molar-refractivity contribution in [3.63, 3.8) is 0 Å². The molecule has 0 saturated carbocycles. The standard InChI is InChI=1S/C14H24N2S/c1-11(2)16-8-7-15-10-13-9-12-5-3-4-6-14(12)17-13/h9,11,15-16H,3-8,10H2,1-2H3. The fourth-order valence-corrected chi connectivity index (χ4v) is 3.53. The molecule has 0 radical (unpaired) electrons. The Morgan fingerprint density at radius 1 is 1.24 bits per heavy atom. The highest BCUT2D eigenvalue weighted by Crippen LogP contribution is 2.29. The third-order valence-electron chi connectivity index (χ3n) is 3.20. The van der Waals surface area contributed by atoms with Gasteiger partial charge < -0.3 is 10.6 Å². The Bertz CT molecular complexity index is 320. The number of nitrogens with one attached hydrogen (secondary N) is 2. The van der Waals surface area contributed by atoms with Crippen LogP contribution in [0.25, 0.3) is 0 Å². The van der Waals surface area contributed by atoms with Crippen molar-refractivity contribution in [2.24, 2.45) is 0 Å². The van der Waals surface area contributed by atoms with Crippen LogP contribution in [-0.4, -0.2) is 19.1 Å². The molecule has 3 heteroatoms. The summed E-state index contributed by atoms with van der Waals surface area (Å²) in [5.41, 5.74) is 1.62. The van der Waals surface area contributed by atoms with E-state index in [2.05, 4.69) is 30.5 Å². The Morgan fingerprint density at radius 2 is 2.06 bits per heavy atom. The molecule has 0 atom stereocenters. The summed E-state index contributed by atoms with van der Waals surface area (Å²) in [6, 6.07) is 3.01. The number of aryl methyl sites for hydroxylation is 2. The van der Waals surface area contributed by atoms with Crippen molar-refractivity contribution in [1.82, 2.24) is 10.6 Å². The number of fused-ring (bicyclic) bond motifs is 1. The number of thiophene rings is 1. The molecular weight excluding hydrogens is 228 g/mol. The number of hydrogen-bond donors (Lipinski definition) is 2. The van der Waals surface area contributed by atoms with Crippen molar-refractivity contribution in [2.45, 2.75) is 52.1 Å². The van der Waals surface area contributed by atoms with Crippen LogP contribution in [0.15, 0.2) is 6.07 Å². The highest BCUT2D eigenvalue weighted by atomic mass is 32.1. The van der Waals surface area contributed by atoms with E-state index in [1.165, 1.54) is 30.6 Å². The van der Waals surface area contributed by atoms with Crippen LogP contribution < -0.4 is 10.6 Å². The number of hydrogen-bond acceptors (Lipinski definition) is 3. The summed E-state index contributed by atoms with van der Waals surface area (Å²) >= 11 is 2.02. The van der Waals surface area contributed by atoms with Crippen molar-refractivity contribution < 1.29 is 0 Å². The Morgan fingerprint density at radius 3 is 2.82 bits per heavy atom. The first kappa shape index (κ1) is 13.1. The largest absolute Gasteiger partial charge is 0.313 e. The summed E-state index contributed by atoms with van der Waals surface area (Å²) in [6.07, 6.45) is 5.39. The summed E-state index contributed by atoms with van der Waals surface area (Å²) in [5, 5.41) is 6.94. The van der Waals surface area contributed by atoms with E-state index in [1.807, 2.05) is 11.3 Å². The van der Waals surface area contributed by atoms with Gasteiger partial charge in [0.15, 0.2) is 0 Å². The van der Waals surface area contributed by atoms with Crippen LogP contribution in [0.5, 0.6) is 0 Å². The minimum absolute atomic E-state index is 0.589. The normalized spacial score (nSPS) is 15.2. The number of rotatable bonds is 6. The summed E-state index contributed by atoms with van der Waals surface area (Å²) in [6.45, 7) is 7.53. The van der Waals surface area contributed by atoms with Gasteiger partial charge in [-0.25, -0.2) is 0 Å². The molecule has 2 N–H and O–H groups in total. The van der Waals surface area contributed by atoms with E-state index in [1.54, 1.807) is 10.4 Å². The van der Waals surface area contributed by atoms with Gasteiger partial charge in [0, 0.05) is 35.4 Å². The van der Waals surface area contributed by atoms with Gasteiger partial charge in [0.05, 0.1) is 0 Å². The maximum absolute atomic E-state index is 3.51. The highest BCUT2D eigenvalue weighted by Gasteiger charge is 2.12. The summed E-state index contributed by atoms with van der Waals surface area (Å²) in [7, 11) is 0. The van der Waals surface area contributed by atoms with Gasteiger partial charge in [0.25, 0.3) is 0 Å². The molecular formula is C14H24N2S. The molecule has 1 aromatic heterocycles. The SMILES string of the molecule is CC(C)NCCNCc1cc2c(s1)CCCC2. The molecule has 0 saturated heterocycles. The van der Waals surface area contributed by atoms with Crippen molar-refractivity contribution in [3.05, 3.63) is 21.4 Å². The molecule has 0 fully saturated rings. The second-order valence-corrected chi connectivity index (χ2v) is 6.38. The molecule has 0 bridgehead atoms. The summed E-state index contributed by atoms with van der Waals surface area (Å²) in [4.78, 5) is 3.16. The van der Waals surface area contributed by atoms with Crippen LogP contribution in [0.1, 0.15) is 42.0 Å². The van der Waals surface area contributed by atoms with Crippen LogP contribution in [0.3, 0.4) is 0 Å². The van der Waals surface area contributed by atoms with Crippen molar-refractivity contribution in [1.29, 1.82) is 0 Å². The van der Waals surface area contributed by atoms with Crippen LogP contribution in [0.2, 0.25) is 0 Å². The molecule has 0 spiro atoms. The minimum atomic E-state index is 0.589. The molecule has 1 heterocycles. The van der Waals surface area contributed by atoms with E-state index >= 15 is 0 Å². The van der Waals surface area contributed by atoms with Gasteiger partial charge in [-0.15, -0.1) is 11.3 Å². The third kappa shape index (κ3) is 4.09. The molecule has 0 amide bonds. The fraction of sp³-hybridized carbons (Fsp3) is 0.714. The smallest absolute Gasteiger partial charge is 0.0300 e. The lowest BCUT2D eigenvalue weighted by molar-refractivity contribution is 0.557. The minimum Gasteiger partial charge on any atom is -0.313 e. The van der Waals surface area contributed by atoms with Crippen LogP contribution in [0, 0.1) is 0 Å². The van der Waals surface area contributed by atoms with Crippen molar-refractivity contribution >= 4 is 11.3 Å². The molecule has 0 aromatic carbocycles. The quantitative estimate of drug-likeness (QED) is 0.761. The Labute approximate surface area is 109 Å². The summed E-state index contributed by atoms with van der Waals surface area (Å²) < 4.78 is 0. The first-order chi connectivity index (χ1) is 8.25. The van der Waals surface area contributed by atoms with Gasteiger partial charge in [-0.2, -0.15) is 0 Å². The van der Waals surface area contributed by atoms with E-state index in [9.17, 15) is 0 Å². The second kappa shape index (κ2) is 6.53. The first-order valence-corrected chi connectivity index (χ1v) is 7.62. The lowest BCUT2D eigenvalue weighted by Crippen LogP contribution is -2.31. The lowest BCUT2D eigenvalue weighted by Gasteiger charge is -2.08. The summed E-state index contributed by atoms with van der Waals surface area (Å²) in [5.74, 6) is 0.